The molecule has 0 saturated carbocycles. The highest BCUT2D eigenvalue weighted by Crippen LogP contribution is 2.30. The van der Waals surface area contributed by atoms with E-state index in [1.54, 1.807) is 0 Å². The molecule has 3 aromatic heterocycles. The summed E-state index contributed by atoms with van der Waals surface area (Å²) in [7, 11) is -4.01. The van der Waals surface area contributed by atoms with Crippen LogP contribution in [0.1, 0.15) is 12.5 Å². The molecule has 33 heavy (non-hydrogen) atoms. The maximum atomic E-state index is 14.4. The van der Waals surface area contributed by atoms with Crippen molar-refractivity contribution in [3.05, 3.63) is 75.7 Å². The summed E-state index contributed by atoms with van der Waals surface area (Å²) >= 11 is 5.76. The first-order valence-electron chi connectivity index (χ1n) is 9.29. The van der Waals surface area contributed by atoms with Crippen molar-refractivity contribution in [2.24, 2.45) is 0 Å². The minimum Gasteiger partial charge on any atom is -0.249 e. The molecule has 1 aromatic carbocycles. The zero-order chi connectivity index (χ0) is 24.1. The predicted octanol–water partition coefficient (Wildman–Crippen LogP) is 4.15. The van der Waals surface area contributed by atoms with E-state index in [1.807, 2.05) is 0 Å². The highest BCUT2D eigenvalue weighted by Gasteiger charge is 2.31. The largest absolute Gasteiger partial charge is 0.417 e. The van der Waals surface area contributed by atoms with Crippen molar-refractivity contribution < 1.29 is 26.0 Å². The molecule has 0 unspecified atom stereocenters. The van der Waals surface area contributed by atoms with E-state index in [0.29, 0.717) is 15.3 Å². The topological polar surface area (TPSA) is 86.3 Å². The van der Waals surface area contributed by atoms with E-state index in [4.69, 9.17) is 11.6 Å². The van der Waals surface area contributed by atoms with Crippen molar-refractivity contribution >= 4 is 27.1 Å². The minimum atomic E-state index is -4.70. The summed E-state index contributed by atoms with van der Waals surface area (Å²) in [5.74, 6) is -1.52. The molecule has 4 aromatic rings. The molecule has 13 heteroatoms. The average Bonchev–Trinajstić information content (AvgIpc) is 3.08. The van der Waals surface area contributed by atoms with Crippen LogP contribution in [0.15, 0.2) is 58.5 Å². The fourth-order valence-electron chi connectivity index (χ4n) is 3.13. The lowest BCUT2D eigenvalue weighted by Gasteiger charge is -2.11. The summed E-state index contributed by atoms with van der Waals surface area (Å²) in [4.78, 5) is 16.4. The number of aromatic nitrogens is 4. The second-order valence-electron chi connectivity index (χ2n) is 6.91. The van der Waals surface area contributed by atoms with Crippen LogP contribution in [0.4, 0.5) is 17.6 Å². The molecule has 0 spiro atoms. The van der Waals surface area contributed by atoms with Crippen molar-refractivity contribution in [3.63, 3.8) is 0 Å². The van der Waals surface area contributed by atoms with Crippen LogP contribution < -0.4 is 5.69 Å². The van der Waals surface area contributed by atoms with E-state index in [2.05, 4.69) is 10.1 Å². The van der Waals surface area contributed by atoms with Crippen molar-refractivity contribution in [1.29, 1.82) is 0 Å². The van der Waals surface area contributed by atoms with Gasteiger partial charge in [0.25, 0.3) is 0 Å². The highest BCUT2D eigenvalue weighted by atomic mass is 35.5. The number of hydrogen-bond donors (Lipinski definition) is 0. The molecular formula is C20H13ClF4N4O3S. The van der Waals surface area contributed by atoms with E-state index in [1.165, 1.54) is 19.1 Å². The Bertz CT molecular complexity index is 1560. The van der Waals surface area contributed by atoms with E-state index < -0.39 is 43.8 Å². The Morgan fingerprint density at radius 2 is 1.85 bits per heavy atom. The molecule has 0 N–H and O–H groups in total. The lowest BCUT2D eigenvalue weighted by molar-refractivity contribution is -0.137. The first kappa shape index (κ1) is 22.9. The summed E-state index contributed by atoms with van der Waals surface area (Å²) < 4.78 is 80.3. The molecule has 0 bridgehead atoms. The number of halogens is 5. The summed E-state index contributed by atoms with van der Waals surface area (Å²) in [6, 6.07) is 6.65. The molecule has 0 aliphatic heterocycles. The van der Waals surface area contributed by atoms with Gasteiger partial charge in [-0.05, 0) is 36.4 Å². The Labute approximate surface area is 188 Å². The molecule has 3 heterocycles. The quantitative estimate of drug-likeness (QED) is 0.393. The fraction of sp³-hybridized carbons (Fsp3) is 0.150. The van der Waals surface area contributed by atoms with E-state index in [0.717, 1.165) is 30.5 Å². The summed E-state index contributed by atoms with van der Waals surface area (Å²) in [6.45, 7) is 1.36. The van der Waals surface area contributed by atoms with Gasteiger partial charge in [0.2, 0.25) is 0 Å². The second-order valence-corrected chi connectivity index (χ2v) is 9.59. The number of hydrogen-bond acceptors (Lipinski definition) is 5. The first-order valence-corrected chi connectivity index (χ1v) is 11.3. The van der Waals surface area contributed by atoms with Crippen molar-refractivity contribution in [3.8, 4) is 16.9 Å². The van der Waals surface area contributed by atoms with Crippen molar-refractivity contribution in [2.45, 2.75) is 18.0 Å². The molecule has 7 nitrogen and oxygen atoms in total. The van der Waals surface area contributed by atoms with Crippen LogP contribution in [0.5, 0.6) is 0 Å². The molecule has 172 valence electrons. The van der Waals surface area contributed by atoms with Crippen LogP contribution in [-0.2, 0) is 16.0 Å². The maximum absolute atomic E-state index is 14.4. The number of benzene rings is 1. The lowest BCUT2D eigenvalue weighted by atomic mass is 10.1. The summed E-state index contributed by atoms with van der Waals surface area (Å²) in [5, 5.41) is 4.06. The summed E-state index contributed by atoms with van der Waals surface area (Å²) in [5.41, 5.74) is -2.18. The van der Waals surface area contributed by atoms with Crippen LogP contribution in [0.3, 0.4) is 0 Å². The van der Waals surface area contributed by atoms with E-state index >= 15 is 0 Å². The lowest BCUT2D eigenvalue weighted by Crippen LogP contribution is -2.23. The Morgan fingerprint density at radius 3 is 2.48 bits per heavy atom. The maximum Gasteiger partial charge on any atom is 0.417 e. The van der Waals surface area contributed by atoms with Crippen LogP contribution in [-0.4, -0.2) is 33.3 Å². The SMILES string of the molecule is CCS(=O)(=O)c1cc(-c2ccc(Cl)cc2F)cnc1-n1nc2ccc(C(F)(F)F)cn2c1=O. The van der Waals surface area contributed by atoms with Crippen LogP contribution in [0.2, 0.25) is 5.02 Å². The van der Waals surface area contributed by atoms with Gasteiger partial charge < -0.3 is 0 Å². The Morgan fingerprint density at radius 1 is 1.12 bits per heavy atom. The van der Waals surface area contributed by atoms with Gasteiger partial charge in [0.1, 0.15) is 10.7 Å². The van der Waals surface area contributed by atoms with Crippen molar-refractivity contribution in [2.75, 3.05) is 5.75 Å². The molecule has 0 aliphatic rings. The third kappa shape index (κ3) is 4.11. The molecule has 0 aliphatic carbocycles. The predicted molar refractivity (Wildman–Crippen MR) is 112 cm³/mol. The average molecular weight is 501 g/mol. The molecule has 0 radical (unpaired) electrons. The number of fused-ring (bicyclic) bond motifs is 1. The normalized spacial score (nSPS) is 12.4. The monoisotopic (exact) mass is 500 g/mol. The molecule has 0 fully saturated rings. The standard InChI is InChI=1S/C20H13ClF4N4O3S/c1-2-33(31,32)16-7-11(14-5-4-13(21)8-15(14)22)9-26-18(16)29-19(30)28-10-12(20(23,24)25)3-6-17(28)27-29/h3-10H,2H2,1H3. The van der Waals surface area contributed by atoms with Gasteiger partial charge in [-0.2, -0.15) is 17.9 Å². The number of nitrogens with zero attached hydrogens (tertiary/aromatic N) is 4. The molecular weight excluding hydrogens is 488 g/mol. The van der Waals surface area contributed by atoms with Gasteiger partial charge >= 0.3 is 11.9 Å². The van der Waals surface area contributed by atoms with Gasteiger partial charge in [0.15, 0.2) is 21.3 Å². The Balaban J connectivity index is 1.97. The van der Waals surface area contributed by atoms with Gasteiger partial charge in [-0.15, -0.1) is 5.10 Å². The minimum absolute atomic E-state index is 0.0168. The third-order valence-corrected chi connectivity index (χ3v) is 6.80. The Kier molecular flexibility index (Phi) is 5.53. The highest BCUT2D eigenvalue weighted by molar-refractivity contribution is 7.91. The van der Waals surface area contributed by atoms with Crippen LogP contribution >= 0.6 is 11.6 Å². The molecule has 0 atom stereocenters. The van der Waals surface area contributed by atoms with Gasteiger partial charge in [-0.3, -0.25) is 0 Å². The smallest absolute Gasteiger partial charge is 0.249 e. The van der Waals surface area contributed by atoms with Crippen LogP contribution in [0, 0.1) is 5.82 Å². The molecule has 0 amide bonds. The molecule has 0 saturated heterocycles. The second kappa shape index (κ2) is 7.96. The number of sulfone groups is 1. The number of pyridine rings is 2. The van der Waals surface area contributed by atoms with Gasteiger partial charge in [0, 0.05) is 28.5 Å². The van der Waals surface area contributed by atoms with E-state index in [9.17, 15) is 30.8 Å². The van der Waals surface area contributed by atoms with E-state index in [-0.39, 0.29) is 27.5 Å². The van der Waals surface area contributed by atoms with Crippen LogP contribution in [0.25, 0.3) is 22.6 Å². The fourth-order valence-corrected chi connectivity index (χ4v) is 4.33. The van der Waals surface area contributed by atoms with Gasteiger partial charge in [-0.25, -0.2) is 27.0 Å². The molecule has 4 rings (SSSR count). The first-order chi connectivity index (χ1) is 15.4. The van der Waals surface area contributed by atoms with Crippen molar-refractivity contribution in [1.82, 2.24) is 19.2 Å². The Hall–Kier alpha value is -3.25. The zero-order valence-corrected chi connectivity index (χ0v) is 18.2. The number of alkyl halides is 3. The number of rotatable bonds is 4. The van der Waals surface area contributed by atoms with Gasteiger partial charge in [0.05, 0.1) is 11.3 Å². The third-order valence-electron chi connectivity index (χ3n) is 4.83. The zero-order valence-electron chi connectivity index (χ0n) is 16.6. The van der Waals surface area contributed by atoms with Gasteiger partial charge in [-0.1, -0.05) is 18.5 Å². The summed E-state index contributed by atoms with van der Waals surface area (Å²) in [6.07, 6.45) is -3.00.